The Bertz CT molecular complexity index is 1090. The average molecular weight is 423 g/mol. The molecule has 2 aromatic rings. The van der Waals surface area contributed by atoms with Gasteiger partial charge in [-0.15, -0.1) is 0 Å². The molecule has 8 nitrogen and oxygen atoms in total. The summed E-state index contributed by atoms with van der Waals surface area (Å²) in [6.45, 7) is 1.94. The molecule has 0 unspecified atom stereocenters. The van der Waals surface area contributed by atoms with Crippen molar-refractivity contribution in [1.29, 1.82) is 0 Å². The zero-order valence-corrected chi connectivity index (χ0v) is 17.4. The van der Waals surface area contributed by atoms with Gasteiger partial charge >= 0.3 is 0 Å². The van der Waals surface area contributed by atoms with Gasteiger partial charge < -0.3 is 24.3 Å². The molecule has 31 heavy (non-hydrogen) atoms. The SMILES string of the molecule is COc1cccc(CC(=O)N2CCc3c(c[nH]c(=O)c3C(=O)N3C[C@H]4C[C@@H]3CO4)C2)c1. The van der Waals surface area contributed by atoms with E-state index in [1.165, 1.54) is 0 Å². The number of H-pyrrole nitrogens is 1. The number of methoxy groups -OCH3 is 1. The Hall–Kier alpha value is -3.13. The largest absolute Gasteiger partial charge is 0.497 e. The van der Waals surface area contributed by atoms with Gasteiger partial charge in [0.2, 0.25) is 5.91 Å². The van der Waals surface area contributed by atoms with E-state index in [1.54, 1.807) is 23.1 Å². The van der Waals surface area contributed by atoms with Crippen LogP contribution in [-0.2, 0) is 28.9 Å². The van der Waals surface area contributed by atoms with E-state index >= 15 is 0 Å². The fraction of sp³-hybridized carbons (Fsp3) is 0.435. The third kappa shape index (κ3) is 3.61. The summed E-state index contributed by atoms with van der Waals surface area (Å²) in [5.41, 5.74) is 2.35. The number of aromatic nitrogens is 1. The van der Waals surface area contributed by atoms with Gasteiger partial charge in [-0.25, -0.2) is 0 Å². The molecule has 0 saturated carbocycles. The standard InChI is InChI=1S/C23H25N3O5/c1-30-17-4-2-3-14(7-17)8-20(27)25-6-5-19-15(11-25)10-24-22(28)21(19)23(29)26-12-18-9-16(26)13-31-18/h2-4,7,10,16,18H,5-6,8-9,11-13H2,1H3,(H,24,28)/t16-,18-/m1/s1. The van der Waals surface area contributed by atoms with Crippen LogP contribution in [0.25, 0.3) is 0 Å². The second kappa shape index (κ2) is 7.85. The predicted molar refractivity (Wildman–Crippen MR) is 112 cm³/mol. The number of benzene rings is 1. The Morgan fingerprint density at radius 3 is 2.94 bits per heavy atom. The van der Waals surface area contributed by atoms with E-state index in [0.717, 1.165) is 28.9 Å². The van der Waals surface area contributed by atoms with Crippen LogP contribution in [0.4, 0.5) is 0 Å². The maximum absolute atomic E-state index is 13.2. The van der Waals surface area contributed by atoms with Gasteiger partial charge in [0.25, 0.3) is 11.5 Å². The summed E-state index contributed by atoms with van der Waals surface area (Å²) in [5.74, 6) is 0.507. The zero-order chi connectivity index (χ0) is 21.5. The highest BCUT2D eigenvalue weighted by Crippen LogP contribution is 2.30. The summed E-state index contributed by atoms with van der Waals surface area (Å²) >= 11 is 0. The monoisotopic (exact) mass is 423 g/mol. The first kappa shape index (κ1) is 19.8. The molecule has 1 N–H and O–H groups in total. The van der Waals surface area contributed by atoms with Crippen molar-refractivity contribution >= 4 is 11.8 Å². The maximum Gasteiger partial charge on any atom is 0.261 e. The average Bonchev–Trinajstić information content (AvgIpc) is 3.42. The van der Waals surface area contributed by atoms with Gasteiger partial charge in [-0.1, -0.05) is 12.1 Å². The number of ether oxygens (including phenoxy) is 2. The summed E-state index contributed by atoms with van der Waals surface area (Å²) in [6, 6.07) is 7.53. The first-order valence-corrected chi connectivity index (χ1v) is 10.6. The number of hydrogen-bond acceptors (Lipinski definition) is 5. The number of amides is 2. The fourth-order valence-corrected chi connectivity index (χ4v) is 4.87. The lowest BCUT2D eigenvalue weighted by molar-refractivity contribution is -0.131. The molecule has 1 aromatic heterocycles. The number of fused-ring (bicyclic) bond motifs is 3. The molecular weight excluding hydrogens is 398 g/mol. The van der Waals surface area contributed by atoms with Crippen LogP contribution >= 0.6 is 0 Å². The van der Waals surface area contributed by atoms with Crippen molar-refractivity contribution in [1.82, 2.24) is 14.8 Å². The van der Waals surface area contributed by atoms with Crippen LogP contribution in [0.3, 0.4) is 0 Å². The van der Waals surface area contributed by atoms with Crippen LogP contribution < -0.4 is 10.3 Å². The number of pyridine rings is 1. The molecule has 2 fully saturated rings. The molecule has 0 aliphatic carbocycles. The normalized spacial score (nSPS) is 21.8. The molecule has 8 heteroatoms. The summed E-state index contributed by atoms with van der Waals surface area (Å²) in [6.07, 6.45) is 3.32. The van der Waals surface area contributed by atoms with E-state index in [4.69, 9.17) is 9.47 Å². The minimum atomic E-state index is -0.358. The predicted octanol–water partition coefficient (Wildman–Crippen LogP) is 1.12. The van der Waals surface area contributed by atoms with Crippen LogP contribution in [0, 0.1) is 0 Å². The number of aromatic amines is 1. The van der Waals surface area contributed by atoms with E-state index in [2.05, 4.69) is 4.98 Å². The molecule has 3 aliphatic rings. The van der Waals surface area contributed by atoms with Crippen LogP contribution in [0.1, 0.15) is 33.5 Å². The maximum atomic E-state index is 13.2. The van der Waals surface area contributed by atoms with Crippen molar-refractivity contribution in [2.45, 2.75) is 38.0 Å². The van der Waals surface area contributed by atoms with Gasteiger partial charge in [0.05, 0.1) is 32.3 Å². The number of hydrogen-bond donors (Lipinski definition) is 1. The summed E-state index contributed by atoms with van der Waals surface area (Å²) in [5, 5.41) is 0. The van der Waals surface area contributed by atoms with Gasteiger partial charge in [-0.2, -0.15) is 0 Å². The second-order valence-corrected chi connectivity index (χ2v) is 8.39. The van der Waals surface area contributed by atoms with E-state index in [0.29, 0.717) is 32.7 Å². The van der Waals surface area contributed by atoms with Crippen LogP contribution in [0.15, 0.2) is 35.3 Å². The van der Waals surface area contributed by atoms with Crippen molar-refractivity contribution in [2.75, 3.05) is 26.8 Å². The molecule has 162 valence electrons. The van der Waals surface area contributed by atoms with E-state index in [1.807, 2.05) is 24.3 Å². The molecule has 0 radical (unpaired) electrons. The summed E-state index contributed by atoms with van der Waals surface area (Å²) < 4.78 is 10.8. The topological polar surface area (TPSA) is 91.9 Å². The molecular formula is C23H25N3O5. The highest BCUT2D eigenvalue weighted by molar-refractivity contribution is 5.96. The van der Waals surface area contributed by atoms with Gasteiger partial charge in [-0.3, -0.25) is 14.4 Å². The van der Waals surface area contributed by atoms with Crippen molar-refractivity contribution in [3.63, 3.8) is 0 Å². The number of nitrogens with zero attached hydrogens (tertiary/aromatic N) is 2. The van der Waals surface area contributed by atoms with Crippen LogP contribution in [-0.4, -0.2) is 65.6 Å². The molecule has 2 bridgehead atoms. The Morgan fingerprint density at radius 1 is 1.32 bits per heavy atom. The third-order valence-corrected chi connectivity index (χ3v) is 6.50. The van der Waals surface area contributed by atoms with Gasteiger partial charge in [0, 0.05) is 25.8 Å². The molecule has 3 aliphatic heterocycles. The lowest BCUT2D eigenvalue weighted by Gasteiger charge is -2.31. The zero-order valence-electron chi connectivity index (χ0n) is 17.4. The van der Waals surface area contributed by atoms with Crippen molar-refractivity contribution in [3.8, 4) is 5.75 Å². The van der Waals surface area contributed by atoms with E-state index in [-0.39, 0.29) is 41.5 Å². The Morgan fingerprint density at radius 2 is 2.19 bits per heavy atom. The highest BCUT2D eigenvalue weighted by atomic mass is 16.5. The highest BCUT2D eigenvalue weighted by Gasteiger charge is 2.43. The number of likely N-dealkylation sites (tertiary alicyclic amines) is 1. The molecule has 4 heterocycles. The summed E-state index contributed by atoms with van der Waals surface area (Å²) in [7, 11) is 1.60. The summed E-state index contributed by atoms with van der Waals surface area (Å²) in [4.78, 5) is 44.9. The number of nitrogens with one attached hydrogen (secondary N) is 1. The second-order valence-electron chi connectivity index (χ2n) is 8.39. The third-order valence-electron chi connectivity index (χ3n) is 6.50. The molecule has 1 aromatic carbocycles. The van der Waals surface area contributed by atoms with Gasteiger partial charge in [0.15, 0.2) is 0 Å². The van der Waals surface area contributed by atoms with Gasteiger partial charge in [-0.05, 0) is 41.7 Å². The molecule has 2 saturated heterocycles. The van der Waals surface area contributed by atoms with E-state index in [9.17, 15) is 14.4 Å². The first-order chi connectivity index (χ1) is 15.0. The lowest BCUT2D eigenvalue weighted by Crippen LogP contribution is -2.45. The smallest absolute Gasteiger partial charge is 0.261 e. The number of carbonyl (C=O) groups excluding carboxylic acids is 2. The van der Waals surface area contributed by atoms with Crippen molar-refractivity contribution < 1.29 is 19.1 Å². The quantitative estimate of drug-likeness (QED) is 0.796. The van der Waals surface area contributed by atoms with Gasteiger partial charge in [0.1, 0.15) is 11.3 Å². The molecule has 0 spiro atoms. The van der Waals surface area contributed by atoms with Crippen LogP contribution in [0.5, 0.6) is 5.75 Å². The molecule has 2 amide bonds. The first-order valence-electron chi connectivity index (χ1n) is 10.6. The Labute approximate surface area is 179 Å². The Balaban J connectivity index is 1.34. The van der Waals surface area contributed by atoms with E-state index < -0.39 is 0 Å². The van der Waals surface area contributed by atoms with Crippen molar-refractivity contribution in [2.24, 2.45) is 0 Å². The van der Waals surface area contributed by atoms with Crippen LogP contribution in [0.2, 0.25) is 0 Å². The molecule has 2 atom stereocenters. The Kier molecular flexibility index (Phi) is 5.02. The van der Waals surface area contributed by atoms with Crippen molar-refractivity contribution in [3.05, 3.63) is 63.1 Å². The number of morpholine rings is 1. The minimum Gasteiger partial charge on any atom is -0.497 e. The lowest BCUT2D eigenvalue weighted by atomic mass is 9.95. The minimum absolute atomic E-state index is 0.00646. The number of carbonyl (C=O) groups is 2. The number of rotatable bonds is 4. The molecule has 5 rings (SSSR count). The fourth-order valence-electron chi connectivity index (χ4n) is 4.87.